The molecular formula is C25H20N8OS. The van der Waals surface area contributed by atoms with E-state index in [4.69, 9.17) is 5.73 Å². The number of carbonyl (C=O) groups excluding carboxylic acids is 1. The minimum atomic E-state index is -0.427. The first kappa shape index (κ1) is 21.0. The molecule has 0 radical (unpaired) electrons. The Labute approximate surface area is 203 Å². The average molecular weight is 481 g/mol. The number of nitrogens with one attached hydrogen (secondary N) is 2. The molecule has 0 atom stereocenters. The van der Waals surface area contributed by atoms with Crippen molar-refractivity contribution in [1.29, 1.82) is 0 Å². The molecule has 0 saturated heterocycles. The highest BCUT2D eigenvalue weighted by Gasteiger charge is 2.18. The molecule has 10 heteroatoms. The number of hydrogen-bond donors (Lipinski definition) is 3. The van der Waals surface area contributed by atoms with Crippen LogP contribution in [0.5, 0.6) is 0 Å². The second-order valence-electron chi connectivity index (χ2n) is 8.15. The van der Waals surface area contributed by atoms with Crippen LogP contribution in [-0.4, -0.2) is 30.6 Å². The van der Waals surface area contributed by atoms with Crippen molar-refractivity contribution in [2.45, 2.75) is 6.92 Å². The number of nitrogens with zero attached hydrogens (tertiary/aromatic N) is 5. The van der Waals surface area contributed by atoms with Gasteiger partial charge in [0.2, 0.25) is 5.82 Å². The number of nitrogen functional groups attached to an aromatic ring is 1. The molecular weight excluding hydrogens is 460 g/mol. The normalized spacial score (nSPS) is 11.4. The molecule has 35 heavy (non-hydrogen) atoms. The number of thiophene rings is 1. The number of nitrogens with two attached hydrogens (primary N) is 1. The van der Waals surface area contributed by atoms with Crippen LogP contribution in [0.15, 0.2) is 60.1 Å². The van der Waals surface area contributed by atoms with Crippen LogP contribution >= 0.6 is 11.3 Å². The molecule has 0 aliphatic rings. The number of amides is 1. The predicted octanol–water partition coefficient (Wildman–Crippen LogP) is 5.01. The van der Waals surface area contributed by atoms with Gasteiger partial charge in [0.1, 0.15) is 17.5 Å². The van der Waals surface area contributed by atoms with Crippen LogP contribution in [0.4, 0.5) is 23.1 Å². The summed E-state index contributed by atoms with van der Waals surface area (Å²) >= 11 is 1.45. The molecule has 4 N–H and O–H groups in total. The zero-order valence-corrected chi connectivity index (χ0v) is 19.7. The SMILES string of the molecule is Cc1ccc2c(Nc3c4ccccc4nn3C)nccc2c1NC(=O)c1nc(N)c2sccc2n1. The molecule has 0 aliphatic carbocycles. The summed E-state index contributed by atoms with van der Waals surface area (Å²) in [6.45, 7) is 1.94. The lowest BCUT2D eigenvalue weighted by molar-refractivity contribution is 0.101. The molecule has 0 aliphatic heterocycles. The summed E-state index contributed by atoms with van der Waals surface area (Å²) in [6.07, 6.45) is 1.71. The van der Waals surface area contributed by atoms with Crippen LogP contribution in [0.2, 0.25) is 0 Å². The van der Waals surface area contributed by atoms with Gasteiger partial charge in [-0.3, -0.25) is 9.48 Å². The molecule has 6 rings (SSSR count). The van der Waals surface area contributed by atoms with Gasteiger partial charge in [0.05, 0.1) is 21.4 Å². The molecule has 0 unspecified atom stereocenters. The zero-order chi connectivity index (χ0) is 24.1. The first-order valence-electron chi connectivity index (χ1n) is 10.9. The van der Waals surface area contributed by atoms with Gasteiger partial charge in [-0.15, -0.1) is 11.3 Å². The highest BCUT2D eigenvalue weighted by molar-refractivity contribution is 7.17. The first-order chi connectivity index (χ1) is 17.0. The third-order valence-corrected chi connectivity index (χ3v) is 6.83. The van der Waals surface area contributed by atoms with Gasteiger partial charge in [-0.1, -0.05) is 24.3 Å². The summed E-state index contributed by atoms with van der Waals surface area (Å²) in [5.74, 6) is 1.39. The van der Waals surface area contributed by atoms with E-state index >= 15 is 0 Å². The van der Waals surface area contributed by atoms with Crippen LogP contribution < -0.4 is 16.4 Å². The van der Waals surface area contributed by atoms with E-state index in [9.17, 15) is 4.79 Å². The number of pyridine rings is 1. The third kappa shape index (κ3) is 3.51. The largest absolute Gasteiger partial charge is 0.382 e. The lowest BCUT2D eigenvalue weighted by Crippen LogP contribution is -2.17. The molecule has 0 bridgehead atoms. The Morgan fingerprint density at radius 2 is 1.86 bits per heavy atom. The summed E-state index contributed by atoms with van der Waals surface area (Å²) in [6, 6.07) is 15.6. The minimum absolute atomic E-state index is 0.0264. The molecule has 4 heterocycles. The van der Waals surface area contributed by atoms with E-state index in [1.807, 2.05) is 67.9 Å². The number of anilines is 4. The van der Waals surface area contributed by atoms with Gasteiger partial charge < -0.3 is 16.4 Å². The van der Waals surface area contributed by atoms with Crippen molar-refractivity contribution in [3.63, 3.8) is 0 Å². The second kappa shape index (κ2) is 8.03. The fourth-order valence-corrected chi connectivity index (χ4v) is 4.93. The van der Waals surface area contributed by atoms with Crippen molar-refractivity contribution in [3.8, 4) is 0 Å². The summed E-state index contributed by atoms with van der Waals surface area (Å²) in [7, 11) is 1.89. The van der Waals surface area contributed by atoms with Crippen molar-refractivity contribution in [2.75, 3.05) is 16.4 Å². The summed E-state index contributed by atoms with van der Waals surface area (Å²) in [5, 5.41) is 15.5. The molecule has 1 amide bonds. The van der Waals surface area contributed by atoms with Gasteiger partial charge in [0, 0.05) is 29.4 Å². The fourth-order valence-electron chi connectivity index (χ4n) is 4.19. The van der Waals surface area contributed by atoms with Crippen LogP contribution in [0.1, 0.15) is 16.2 Å². The third-order valence-electron chi connectivity index (χ3n) is 5.90. The molecule has 172 valence electrons. The van der Waals surface area contributed by atoms with E-state index in [0.717, 1.165) is 37.8 Å². The van der Waals surface area contributed by atoms with Crippen LogP contribution in [0.25, 0.3) is 31.9 Å². The van der Waals surface area contributed by atoms with Crippen molar-refractivity contribution >= 4 is 72.3 Å². The molecule has 0 fully saturated rings. The number of carbonyl (C=O) groups is 1. The van der Waals surface area contributed by atoms with Crippen molar-refractivity contribution in [3.05, 3.63) is 71.5 Å². The van der Waals surface area contributed by atoms with E-state index in [0.29, 0.717) is 22.8 Å². The van der Waals surface area contributed by atoms with Gasteiger partial charge in [-0.25, -0.2) is 15.0 Å². The smallest absolute Gasteiger partial charge is 0.293 e. The Balaban J connectivity index is 1.40. The predicted molar refractivity (Wildman–Crippen MR) is 140 cm³/mol. The number of aromatic nitrogens is 5. The molecule has 6 aromatic rings. The van der Waals surface area contributed by atoms with Gasteiger partial charge in [0.25, 0.3) is 5.91 Å². The quantitative estimate of drug-likeness (QED) is 0.324. The van der Waals surface area contributed by atoms with E-state index in [2.05, 4.69) is 30.7 Å². The second-order valence-corrected chi connectivity index (χ2v) is 9.06. The summed E-state index contributed by atoms with van der Waals surface area (Å²) in [4.78, 5) is 26.3. The van der Waals surface area contributed by atoms with E-state index in [1.165, 1.54) is 11.3 Å². The molecule has 9 nitrogen and oxygen atoms in total. The lowest BCUT2D eigenvalue weighted by Gasteiger charge is -2.15. The number of rotatable bonds is 4. The Kier molecular flexibility index (Phi) is 4.82. The highest BCUT2D eigenvalue weighted by atomic mass is 32.1. The summed E-state index contributed by atoms with van der Waals surface area (Å²) < 4.78 is 2.57. The zero-order valence-electron chi connectivity index (χ0n) is 18.9. The van der Waals surface area contributed by atoms with Crippen molar-refractivity contribution in [2.24, 2.45) is 7.05 Å². The van der Waals surface area contributed by atoms with Crippen LogP contribution in [0, 0.1) is 6.92 Å². The van der Waals surface area contributed by atoms with Crippen molar-refractivity contribution in [1.82, 2.24) is 24.7 Å². The topological polar surface area (TPSA) is 124 Å². The maximum absolute atomic E-state index is 13.1. The lowest BCUT2D eigenvalue weighted by atomic mass is 10.1. The van der Waals surface area contributed by atoms with Crippen LogP contribution in [-0.2, 0) is 7.05 Å². The standard InChI is InChI=1S/C25H20N8OS/c1-13-7-8-15-14(19(13)29-25(34)23-28-18-10-12-35-20(18)21(26)30-23)9-11-27-22(15)31-24-16-5-3-4-6-17(16)32-33(24)2/h3-12H,1-2H3,(H,27,31)(H,29,34)(H2,26,28,30). The minimum Gasteiger partial charge on any atom is -0.382 e. The van der Waals surface area contributed by atoms with Crippen molar-refractivity contribution < 1.29 is 4.79 Å². The number of fused-ring (bicyclic) bond motifs is 3. The number of aryl methyl sites for hydroxylation is 2. The van der Waals surface area contributed by atoms with Crippen LogP contribution in [0.3, 0.4) is 0 Å². The number of benzene rings is 2. The fraction of sp³-hybridized carbons (Fsp3) is 0.0800. The first-order valence-corrected chi connectivity index (χ1v) is 11.8. The molecule has 0 saturated carbocycles. The van der Waals surface area contributed by atoms with Gasteiger partial charge >= 0.3 is 0 Å². The molecule has 2 aromatic carbocycles. The van der Waals surface area contributed by atoms with E-state index in [-0.39, 0.29) is 5.82 Å². The summed E-state index contributed by atoms with van der Waals surface area (Å²) in [5.41, 5.74) is 9.16. The monoisotopic (exact) mass is 480 g/mol. The number of hydrogen-bond acceptors (Lipinski definition) is 8. The maximum Gasteiger partial charge on any atom is 0.293 e. The Hall–Kier alpha value is -4.57. The maximum atomic E-state index is 13.1. The van der Waals surface area contributed by atoms with E-state index in [1.54, 1.807) is 10.9 Å². The Morgan fingerprint density at radius 3 is 2.74 bits per heavy atom. The van der Waals surface area contributed by atoms with Gasteiger partial charge in [-0.2, -0.15) is 5.10 Å². The Bertz CT molecular complexity index is 1770. The highest BCUT2D eigenvalue weighted by Crippen LogP contribution is 2.34. The molecule has 4 aromatic heterocycles. The Morgan fingerprint density at radius 1 is 1.00 bits per heavy atom. The molecule has 0 spiro atoms. The van der Waals surface area contributed by atoms with E-state index < -0.39 is 5.91 Å². The average Bonchev–Trinajstić information content (AvgIpc) is 3.45. The van der Waals surface area contributed by atoms with Gasteiger partial charge in [-0.05, 0) is 42.1 Å². The van der Waals surface area contributed by atoms with Gasteiger partial charge in [0.15, 0.2) is 0 Å².